The Kier molecular flexibility index (Phi) is 10.5. The molecule has 1 aliphatic carbocycles. The Bertz CT molecular complexity index is 1910. The van der Waals surface area contributed by atoms with E-state index in [1.54, 1.807) is 0 Å². The SMILES string of the molecule is O=C(O)C1CCC(C(=O)N2CC[C@](c3ccc(C(OCc4c(F)cccc4F)(C(F)(F)F)C(F)(F)F)c(F)c3)(S(=O)(=O)c3ccc(F)cc3)C2)CC1. The molecule has 1 saturated heterocycles. The monoisotopic (exact) mass is 769 g/mol. The Morgan fingerprint density at radius 2 is 1.37 bits per heavy atom. The maximum Gasteiger partial charge on any atom is 0.430 e. The minimum absolute atomic E-state index is 0.0168. The van der Waals surface area contributed by atoms with E-state index in [1.807, 2.05) is 0 Å². The average Bonchev–Trinajstić information content (AvgIpc) is 3.53. The number of sulfone groups is 1. The number of hydrogen-bond acceptors (Lipinski definition) is 5. The number of rotatable bonds is 9. The van der Waals surface area contributed by atoms with E-state index >= 15 is 4.39 Å². The number of hydrogen-bond donors (Lipinski definition) is 1. The van der Waals surface area contributed by atoms with Crippen LogP contribution in [0.1, 0.15) is 48.8 Å². The number of carbonyl (C=O) groups is 2. The van der Waals surface area contributed by atoms with Crippen LogP contribution in [0.2, 0.25) is 0 Å². The molecule has 1 heterocycles. The van der Waals surface area contributed by atoms with Gasteiger partial charge in [0.05, 0.1) is 17.4 Å². The quantitative estimate of drug-likeness (QED) is 0.178. The third-order valence-electron chi connectivity index (χ3n) is 9.78. The van der Waals surface area contributed by atoms with Crippen molar-refractivity contribution < 1.29 is 71.8 Å². The fraction of sp³-hybridized carbons (Fsp3) is 0.412. The Labute approximate surface area is 290 Å². The van der Waals surface area contributed by atoms with Gasteiger partial charge >= 0.3 is 18.3 Å². The lowest BCUT2D eigenvalue weighted by atomic mass is 9.81. The summed E-state index contributed by atoms with van der Waals surface area (Å²) >= 11 is 0. The largest absolute Gasteiger partial charge is 0.481 e. The van der Waals surface area contributed by atoms with Gasteiger partial charge in [-0.25, -0.2) is 26.0 Å². The lowest BCUT2D eigenvalue weighted by molar-refractivity contribution is -0.393. The van der Waals surface area contributed by atoms with E-state index in [-0.39, 0.29) is 44.4 Å². The van der Waals surface area contributed by atoms with Gasteiger partial charge in [-0.3, -0.25) is 9.59 Å². The first-order chi connectivity index (χ1) is 24.2. The predicted octanol–water partition coefficient (Wildman–Crippen LogP) is 7.57. The molecule has 1 aliphatic heterocycles. The molecule has 3 aromatic rings. The van der Waals surface area contributed by atoms with Gasteiger partial charge in [-0.05, 0) is 80.1 Å². The van der Waals surface area contributed by atoms with Gasteiger partial charge in [0, 0.05) is 30.1 Å². The first-order valence-electron chi connectivity index (χ1n) is 15.7. The van der Waals surface area contributed by atoms with Gasteiger partial charge in [0.15, 0.2) is 9.84 Å². The number of benzene rings is 3. The van der Waals surface area contributed by atoms with Crippen molar-refractivity contribution in [3.63, 3.8) is 0 Å². The molecule has 7 nitrogen and oxygen atoms in total. The normalized spacial score (nSPS) is 21.7. The van der Waals surface area contributed by atoms with Gasteiger partial charge in [-0.15, -0.1) is 0 Å². The van der Waals surface area contributed by atoms with Crippen LogP contribution >= 0.6 is 0 Å². The Morgan fingerprint density at radius 3 is 1.88 bits per heavy atom. The summed E-state index contributed by atoms with van der Waals surface area (Å²) in [6.45, 7) is -3.00. The number of carbonyl (C=O) groups excluding carboxylic acids is 1. The molecule has 282 valence electrons. The second-order valence-corrected chi connectivity index (χ2v) is 15.0. The highest BCUT2D eigenvalue weighted by Gasteiger charge is 2.74. The number of alkyl halides is 6. The number of amides is 1. The highest BCUT2D eigenvalue weighted by molar-refractivity contribution is 7.92. The molecule has 1 saturated carbocycles. The molecule has 1 N–H and O–H groups in total. The topological polar surface area (TPSA) is 101 Å². The summed E-state index contributed by atoms with van der Waals surface area (Å²) in [5.74, 6) is -9.24. The number of carboxylic acid groups (broad SMARTS) is 1. The second kappa shape index (κ2) is 14.0. The molecule has 0 aromatic heterocycles. The maximum atomic E-state index is 16.0. The van der Waals surface area contributed by atoms with Crippen molar-refractivity contribution in [2.24, 2.45) is 11.8 Å². The summed E-state index contributed by atoms with van der Waals surface area (Å²) in [4.78, 5) is 25.5. The van der Waals surface area contributed by atoms with Crippen molar-refractivity contribution in [2.45, 2.75) is 66.3 Å². The van der Waals surface area contributed by atoms with Crippen molar-refractivity contribution in [2.75, 3.05) is 13.1 Å². The van der Waals surface area contributed by atoms with Gasteiger partial charge in [0.25, 0.3) is 5.60 Å². The number of ether oxygens (including phenoxy) is 1. The number of nitrogens with zero attached hydrogens (tertiary/aromatic N) is 1. The second-order valence-electron chi connectivity index (χ2n) is 12.7. The molecule has 0 spiro atoms. The zero-order chi connectivity index (χ0) is 38.4. The van der Waals surface area contributed by atoms with E-state index in [2.05, 4.69) is 4.74 Å². The van der Waals surface area contributed by atoms with E-state index in [9.17, 15) is 62.6 Å². The van der Waals surface area contributed by atoms with Crippen LogP contribution < -0.4 is 0 Å². The minimum Gasteiger partial charge on any atom is -0.481 e. The Morgan fingerprint density at radius 1 is 0.808 bits per heavy atom. The third-order valence-corrected chi connectivity index (χ3v) is 12.3. The fourth-order valence-electron chi connectivity index (χ4n) is 6.91. The molecule has 18 heteroatoms. The van der Waals surface area contributed by atoms with Crippen LogP contribution in [-0.2, 0) is 41.1 Å². The summed E-state index contributed by atoms with van der Waals surface area (Å²) in [5, 5.41) is 9.29. The molecule has 5 rings (SSSR count). The van der Waals surface area contributed by atoms with Crippen LogP contribution in [0.4, 0.5) is 43.9 Å². The standard InChI is InChI=1S/C34H29F10NO6S/c35-22-9-11-23(12-10-22)52(49,50)31(14-15-45(18-31)29(46)19-4-6-20(7-5-19)30(47)48)21-8-13-25(28(38)16-21)32(33(39,40)41,34(42,43)44)51-17-24-26(36)2-1-3-27(24)37/h1-3,8-13,16,19-20H,4-7,14-15,17-18H2,(H,47,48)/t19?,20?,31-/m0/s1. The van der Waals surface area contributed by atoms with Crippen LogP contribution in [0.25, 0.3) is 0 Å². The van der Waals surface area contributed by atoms with Crippen LogP contribution in [0.15, 0.2) is 65.6 Å². The summed E-state index contributed by atoms with van der Waals surface area (Å²) in [6.07, 6.45) is -12.9. The highest BCUT2D eigenvalue weighted by Crippen LogP contribution is 2.55. The van der Waals surface area contributed by atoms with Crippen LogP contribution in [0.5, 0.6) is 0 Å². The lowest BCUT2D eigenvalue weighted by Gasteiger charge is -2.38. The smallest absolute Gasteiger partial charge is 0.430 e. The van der Waals surface area contributed by atoms with Crippen molar-refractivity contribution in [3.8, 4) is 0 Å². The number of likely N-dealkylation sites (tertiary alicyclic amines) is 1. The Hall–Kier alpha value is -4.19. The predicted molar refractivity (Wildman–Crippen MR) is 161 cm³/mol. The minimum atomic E-state index is -6.50. The number of halogens is 10. The van der Waals surface area contributed by atoms with E-state index in [0.717, 1.165) is 35.2 Å². The van der Waals surface area contributed by atoms with Gasteiger partial charge in [0.2, 0.25) is 5.91 Å². The molecule has 1 amide bonds. The average molecular weight is 770 g/mol. The van der Waals surface area contributed by atoms with E-state index in [1.165, 1.54) is 0 Å². The number of aliphatic carboxylic acids is 1. The molecule has 2 fully saturated rings. The number of carboxylic acids is 1. The molecule has 3 aromatic carbocycles. The molecule has 0 radical (unpaired) electrons. The molecule has 0 bridgehead atoms. The fourth-order valence-corrected chi connectivity index (χ4v) is 8.98. The van der Waals surface area contributed by atoms with Gasteiger partial charge in [0.1, 0.15) is 28.0 Å². The molecule has 1 atom stereocenters. The first-order valence-corrected chi connectivity index (χ1v) is 17.2. The summed E-state index contributed by atoms with van der Waals surface area (Å²) in [5.41, 5.74) is -9.66. The van der Waals surface area contributed by atoms with Crippen molar-refractivity contribution >= 4 is 21.7 Å². The first kappa shape index (κ1) is 39.0. The van der Waals surface area contributed by atoms with E-state index in [0.29, 0.717) is 18.2 Å². The summed E-state index contributed by atoms with van der Waals surface area (Å²) in [6, 6.07) is 5.82. The van der Waals surface area contributed by atoms with Crippen molar-refractivity contribution in [1.82, 2.24) is 4.90 Å². The third kappa shape index (κ3) is 6.74. The van der Waals surface area contributed by atoms with Gasteiger partial charge in [-0.2, -0.15) is 26.3 Å². The molecule has 0 unspecified atom stereocenters. The molecule has 2 aliphatic rings. The molecular formula is C34H29F10NO6S. The van der Waals surface area contributed by atoms with Crippen LogP contribution in [-0.4, -0.2) is 55.7 Å². The highest BCUT2D eigenvalue weighted by atomic mass is 32.2. The zero-order valence-corrected chi connectivity index (χ0v) is 27.5. The summed E-state index contributed by atoms with van der Waals surface area (Å²) < 4.78 is 176. The van der Waals surface area contributed by atoms with Gasteiger partial charge in [-0.1, -0.05) is 18.2 Å². The maximum absolute atomic E-state index is 16.0. The molecular weight excluding hydrogens is 740 g/mol. The Balaban J connectivity index is 1.60. The summed E-state index contributed by atoms with van der Waals surface area (Å²) in [7, 11) is -4.83. The van der Waals surface area contributed by atoms with Crippen LogP contribution in [0.3, 0.4) is 0 Å². The van der Waals surface area contributed by atoms with Crippen LogP contribution in [0, 0.1) is 35.1 Å². The van der Waals surface area contributed by atoms with Crippen molar-refractivity contribution in [1.29, 1.82) is 0 Å². The zero-order valence-electron chi connectivity index (χ0n) is 26.7. The van der Waals surface area contributed by atoms with Crippen molar-refractivity contribution in [3.05, 3.63) is 101 Å². The van der Waals surface area contributed by atoms with Gasteiger partial charge < -0.3 is 14.7 Å². The van der Waals surface area contributed by atoms with E-state index in [4.69, 9.17) is 0 Å². The lowest BCUT2D eigenvalue weighted by Crippen LogP contribution is -2.56. The molecule has 52 heavy (non-hydrogen) atoms. The van der Waals surface area contributed by atoms with E-state index < -0.39 is 121 Å².